The minimum Gasteiger partial charge on any atom is -0.496 e. The topological polar surface area (TPSA) is 35.5 Å². The maximum absolute atomic E-state index is 11.4. The Kier molecular flexibility index (Phi) is 4.16. The molecule has 0 fully saturated rings. The van der Waals surface area contributed by atoms with Crippen LogP contribution >= 0.6 is 0 Å². The third-order valence-electron chi connectivity index (χ3n) is 2.21. The van der Waals surface area contributed by atoms with Crippen molar-refractivity contribution in [3.05, 3.63) is 29.3 Å². The van der Waals surface area contributed by atoms with E-state index in [-0.39, 0.29) is 5.97 Å². The van der Waals surface area contributed by atoms with Gasteiger partial charge in [-0.25, -0.2) is 4.79 Å². The first kappa shape index (κ1) is 11.6. The van der Waals surface area contributed by atoms with Gasteiger partial charge in [0.1, 0.15) is 11.3 Å². The van der Waals surface area contributed by atoms with Gasteiger partial charge in [-0.2, -0.15) is 0 Å². The van der Waals surface area contributed by atoms with Gasteiger partial charge >= 0.3 is 5.97 Å². The zero-order valence-corrected chi connectivity index (χ0v) is 9.37. The van der Waals surface area contributed by atoms with Crippen molar-refractivity contribution in [2.75, 3.05) is 14.2 Å². The van der Waals surface area contributed by atoms with Crippen LogP contribution in [-0.2, 0) is 11.2 Å². The van der Waals surface area contributed by atoms with Crippen LogP contribution in [-0.4, -0.2) is 20.2 Å². The molecule has 3 nitrogen and oxygen atoms in total. The van der Waals surface area contributed by atoms with Gasteiger partial charge in [-0.1, -0.05) is 19.4 Å². The van der Waals surface area contributed by atoms with Gasteiger partial charge in [-0.3, -0.25) is 0 Å². The van der Waals surface area contributed by atoms with Crippen molar-refractivity contribution in [1.82, 2.24) is 0 Å². The lowest BCUT2D eigenvalue weighted by Gasteiger charge is -2.08. The molecule has 0 unspecified atom stereocenters. The summed E-state index contributed by atoms with van der Waals surface area (Å²) in [5.74, 6) is 0.200. The summed E-state index contributed by atoms with van der Waals surface area (Å²) in [6.07, 6.45) is 2.00. The Hall–Kier alpha value is -1.51. The van der Waals surface area contributed by atoms with Gasteiger partial charge in [0.15, 0.2) is 0 Å². The smallest absolute Gasteiger partial charge is 0.341 e. The molecule has 1 rings (SSSR count). The summed E-state index contributed by atoms with van der Waals surface area (Å²) in [6, 6.07) is 5.60. The maximum Gasteiger partial charge on any atom is 0.341 e. The molecule has 0 atom stereocenters. The molecule has 0 N–H and O–H groups in total. The SMILES string of the molecule is CCCc1ccc(OC)c(C(=O)OC)c1. The molecule has 0 heterocycles. The fourth-order valence-corrected chi connectivity index (χ4v) is 1.47. The number of hydrogen-bond acceptors (Lipinski definition) is 3. The molecule has 1 aromatic carbocycles. The minimum atomic E-state index is -0.357. The van der Waals surface area contributed by atoms with Gasteiger partial charge in [0.2, 0.25) is 0 Å². The quantitative estimate of drug-likeness (QED) is 0.713. The standard InChI is InChI=1S/C12H16O3/c1-4-5-9-6-7-11(14-2)10(8-9)12(13)15-3/h6-8H,4-5H2,1-3H3. The van der Waals surface area contributed by atoms with Crippen LogP contribution in [0.4, 0.5) is 0 Å². The van der Waals surface area contributed by atoms with Gasteiger partial charge in [-0.15, -0.1) is 0 Å². The number of esters is 1. The Morgan fingerprint density at radius 1 is 1.33 bits per heavy atom. The Bertz CT molecular complexity index is 345. The first-order valence-electron chi connectivity index (χ1n) is 4.98. The molecule has 3 heteroatoms. The Balaban J connectivity index is 3.07. The largest absolute Gasteiger partial charge is 0.496 e. The minimum absolute atomic E-state index is 0.357. The van der Waals surface area contributed by atoms with Crippen LogP contribution in [0.5, 0.6) is 5.75 Å². The molecule has 0 aromatic heterocycles. The highest BCUT2D eigenvalue weighted by molar-refractivity contribution is 5.92. The highest BCUT2D eigenvalue weighted by atomic mass is 16.5. The molecule has 0 saturated carbocycles. The van der Waals surface area contributed by atoms with E-state index >= 15 is 0 Å². The normalized spacial score (nSPS) is 9.80. The number of carbonyl (C=O) groups is 1. The summed E-state index contributed by atoms with van der Waals surface area (Å²) in [5.41, 5.74) is 1.62. The molecule has 15 heavy (non-hydrogen) atoms. The fourth-order valence-electron chi connectivity index (χ4n) is 1.47. The first-order valence-corrected chi connectivity index (χ1v) is 4.98. The zero-order valence-electron chi connectivity index (χ0n) is 9.37. The van der Waals surface area contributed by atoms with Crippen molar-refractivity contribution < 1.29 is 14.3 Å². The summed E-state index contributed by atoms with van der Waals surface area (Å²) in [5, 5.41) is 0. The Labute approximate surface area is 90.0 Å². The average molecular weight is 208 g/mol. The highest BCUT2D eigenvalue weighted by Gasteiger charge is 2.12. The highest BCUT2D eigenvalue weighted by Crippen LogP contribution is 2.21. The Morgan fingerprint density at radius 2 is 2.07 bits per heavy atom. The number of rotatable bonds is 4. The van der Waals surface area contributed by atoms with Crippen LogP contribution in [0.15, 0.2) is 18.2 Å². The van der Waals surface area contributed by atoms with E-state index in [0.717, 1.165) is 18.4 Å². The molecular weight excluding hydrogens is 192 g/mol. The molecule has 0 radical (unpaired) electrons. The fraction of sp³-hybridized carbons (Fsp3) is 0.417. The Morgan fingerprint density at radius 3 is 2.60 bits per heavy atom. The van der Waals surface area contributed by atoms with Crippen LogP contribution in [0.25, 0.3) is 0 Å². The van der Waals surface area contributed by atoms with Crippen molar-refractivity contribution >= 4 is 5.97 Å². The predicted molar refractivity (Wildman–Crippen MR) is 58.3 cm³/mol. The molecule has 0 bridgehead atoms. The van der Waals surface area contributed by atoms with Crippen LogP contribution in [0, 0.1) is 0 Å². The van der Waals surface area contributed by atoms with E-state index in [0.29, 0.717) is 11.3 Å². The van der Waals surface area contributed by atoms with Gasteiger partial charge < -0.3 is 9.47 Å². The molecule has 82 valence electrons. The van der Waals surface area contributed by atoms with E-state index < -0.39 is 0 Å². The van der Waals surface area contributed by atoms with E-state index in [1.54, 1.807) is 13.2 Å². The van der Waals surface area contributed by atoms with Gasteiger partial charge in [-0.05, 0) is 24.1 Å². The maximum atomic E-state index is 11.4. The second-order valence-electron chi connectivity index (χ2n) is 3.28. The molecule has 0 amide bonds. The second kappa shape index (κ2) is 5.39. The van der Waals surface area contributed by atoms with Crippen molar-refractivity contribution in [3.8, 4) is 5.75 Å². The number of ether oxygens (including phenoxy) is 2. The van der Waals surface area contributed by atoms with Crippen LogP contribution < -0.4 is 4.74 Å². The molecule has 0 spiro atoms. The van der Waals surface area contributed by atoms with E-state index in [2.05, 4.69) is 6.92 Å². The van der Waals surface area contributed by atoms with Crippen LogP contribution in [0.2, 0.25) is 0 Å². The number of benzene rings is 1. The van der Waals surface area contributed by atoms with E-state index in [4.69, 9.17) is 9.47 Å². The summed E-state index contributed by atoms with van der Waals surface area (Å²) < 4.78 is 9.79. The summed E-state index contributed by atoms with van der Waals surface area (Å²) in [7, 11) is 2.91. The summed E-state index contributed by atoms with van der Waals surface area (Å²) >= 11 is 0. The van der Waals surface area contributed by atoms with E-state index in [1.165, 1.54) is 7.11 Å². The van der Waals surface area contributed by atoms with E-state index in [9.17, 15) is 4.79 Å². The molecular formula is C12H16O3. The molecule has 0 aliphatic rings. The monoisotopic (exact) mass is 208 g/mol. The van der Waals surface area contributed by atoms with Crippen molar-refractivity contribution in [3.63, 3.8) is 0 Å². The third kappa shape index (κ3) is 2.72. The zero-order chi connectivity index (χ0) is 11.3. The summed E-state index contributed by atoms with van der Waals surface area (Å²) in [4.78, 5) is 11.4. The molecule has 0 saturated heterocycles. The second-order valence-corrected chi connectivity index (χ2v) is 3.28. The average Bonchev–Trinajstić information content (AvgIpc) is 2.28. The van der Waals surface area contributed by atoms with Crippen molar-refractivity contribution in [2.45, 2.75) is 19.8 Å². The van der Waals surface area contributed by atoms with Crippen LogP contribution in [0.3, 0.4) is 0 Å². The van der Waals surface area contributed by atoms with Gasteiger partial charge in [0.05, 0.1) is 14.2 Å². The number of methoxy groups -OCH3 is 2. The lowest BCUT2D eigenvalue weighted by atomic mass is 10.1. The lowest BCUT2D eigenvalue weighted by molar-refractivity contribution is 0.0597. The van der Waals surface area contributed by atoms with E-state index in [1.807, 2.05) is 12.1 Å². The van der Waals surface area contributed by atoms with Crippen molar-refractivity contribution in [2.24, 2.45) is 0 Å². The predicted octanol–water partition coefficient (Wildman–Crippen LogP) is 2.43. The van der Waals surface area contributed by atoms with Crippen molar-refractivity contribution in [1.29, 1.82) is 0 Å². The first-order chi connectivity index (χ1) is 7.22. The van der Waals surface area contributed by atoms with Gasteiger partial charge in [0, 0.05) is 0 Å². The summed E-state index contributed by atoms with van der Waals surface area (Å²) in [6.45, 7) is 2.10. The number of hydrogen-bond donors (Lipinski definition) is 0. The van der Waals surface area contributed by atoms with Gasteiger partial charge in [0.25, 0.3) is 0 Å². The van der Waals surface area contributed by atoms with Crippen LogP contribution in [0.1, 0.15) is 29.3 Å². The molecule has 0 aliphatic heterocycles. The lowest BCUT2D eigenvalue weighted by Crippen LogP contribution is -2.04. The molecule has 0 aliphatic carbocycles. The molecule has 1 aromatic rings. The number of aryl methyl sites for hydroxylation is 1. The number of carbonyl (C=O) groups excluding carboxylic acids is 1. The third-order valence-corrected chi connectivity index (χ3v) is 2.21.